The van der Waals surface area contributed by atoms with Crippen molar-refractivity contribution in [1.82, 2.24) is 10.3 Å². The molecule has 0 saturated carbocycles. The largest absolute Gasteiger partial charge is 0.490 e. The van der Waals surface area contributed by atoms with Crippen molar-refractivity contribution in [3.05, 3.63) is 84.7 Å². The smallest absolute Gasteiger partial charge is 0.475 e. The number of sulfonamides is 1. The number of nitrogens with one attached hydrogen (secondary N) is 2. The van der Waals surface area contributed by atoms with Gasteiger partial charge in [-0.05, 0) is 47.9 Å². The lowest BCUT2D eigenvalue weighted by Gasteiger charge is -2.15. The lowest BCUT2D eigenvalue weighted by atomic mass is 10.0. The van der Waals surface area contributed by atoms with E-state index < -0.39 is 22.2 Å². The number of nitrogens with zero attached hydrogens (tertiary/aromatic N) is 1. The van der Waals surface area contributed by atoms with E-state index in [-0.39, 0.29) is 11.8 Å². The second kappa shape index (κ2) is 12.1. The summed E-state index contributed by atoms with van der Waals surface area (Å²) in [6.45, 7) is 2.40. The van der Waals surface area contributed by atoms with Crippen molar-refractivity contribution in [1.29, 1.82) is 0 Å². The molecular formula is C23H24F3N3O4S. The third-order valence-electron chi connectivity index (χ3n) is 4.54. The molecule has 1 unspecified atom stereocenters. The Kier molecular flexibility index (Phi) is 9.58. The Morgan fingerprint density at radius 2 is 1.50 bits per heavy atom. The van der Waals surface area contributed by atoms with Gasteiger partial charge in [-0.3, -0.25) is 9.71 Å². The molecule has 3 aromatic rings. The van der Waals surface area contributed by atoms with Gasteiger partial charge in [-0.2, -0.15) is 13.2 Å². The number of anilines is 1. The van der Waals surface area contributed by atoms with Crippen molar-refractivity contribution in [2.75, 3.05) is 17.0 Å². The molecule has 0 bridgehead atoms. The number of hydrogen-bond acceptors (Lipinski definition) is 5. The lowest BCUT2D eigenvalue weighted by Crippen LogP contribution is -2.28. The average molecular weight is 496 g/mol. The first kappa shape index (κ1) is 26.8. The van der Waals surface area contributed by atoms with Gasteiger partial charge in [-0.1, -0.05) is 42.5 Å². The Balaban J connectivity index is 0.000000509. The van der Waals surface area contributed by atoms with Crippen molar-refractivity contribution in [2.45, 2.75) is 19.1 Å². The van der Waals surface area contributed by atoms with E-state index in [9.17, 15) is 21.6 Å². The first-order chi connectivity index (χ1) is 16.0. The molecule has 0 saturated heterocycles. The predicted octanol–water partition coefficient (Wildman–Crippen LogP) is 4.47. The summed E-state index contributed by atoms with van der Waals surface area (Å²) in [5.41, 5.74) is 3.94. The molecule has 1 atom stereocenters. The molecule has 1 aromatic heterocycles. The van der Waals surface area contributed by atoms with Crippen molar-refractivity contribution < 1.29 is 31.5 Å². The third kappa shape index (κ3) is 9.20. The summed E-state index contributed by atoms with van der Waals surface area (Å²) in [7, 11) is -3.37. The number of rotatable bonds is 8. The highest BCUT2D eigenvalue weighted by atomic mass is 32.2. The van der Waals surface area contributed by atoms with Crippen LogP contribution in [0, 0.1) is 0 Å². The Bertz CT molecular complexity index is 1140. The van der Waals surface area contributed by atoms with E-state index in [0.29, 0.717) is 12.2 Å². The molecule has 11 heteroatoms. The summed E-state index contributed by atoms with van der Waals surface area (Å²) in [5.74, 6) is -2.74. The number of halogens is 3. The second-order valence-electron chi connectivity index (χ2n) is 7.12. The van der Waals surface area contributed by atoms with Crippen LogP contribution in [0.5, 0.6) is 0 Å². The van der Waals surface area contributed by atoms with Crippen molar-refractivity contribution >= 4 is 21.7 Å². The maximum Gasteiger partial charge on any atom is 0.490 e. The Hall–Kier alpha value is -3.44. The van der Waals surface area contributed by atoms with Crippen LogP contribution < -0.4 is 10.0 Å². The quantitative estimate of drug-likeness (QED) is 0.426. The number of aliphatic carboxylic acids is 1. The molecule has 0 aliphatic rings. The molecule has 182 valence electrons. The van der Waals surface area contributed by atoms with Gasteiger partial charge in [0.2, 0.25) is 10.0 Å². The summed E-state index contributed by atoms with van der Waals surface area (Å²) in [4.78, 5) is 12.9. The van der Waals surface area contributed by atoms with Gasteiger partial charge in [-0.15, -0.1) is 0 Å². The fourth-order valence-electron chi connectivity index (χ4n) is 2.77. The van der Waals surface area contributed by atoms with Crippen molar-refractivity contribution in [3.63, 3.8) is 0 Å². The van der Waals surface area contributed by atoms with E-state index in [4.69, 9.17) is 9.90 Å². The lowest BCUT2D eigenvalue weighted by molar-refractivity contribution is -0.192. The van der Waals surface area contributed by atoms with Crippen molar-refractivity contribution in [2.24, 2.45) is 0 Å². The number of pyridine rings is 1. The van der Waals surface area contributed by atoms with Crippen LogP contribution in [0.4, 0.5) is 18.9 Å². The number of alkyl halides is 3. The first-order valence-corrected chi connectivity index (χ1v) is 11.7. The van der Waals surface area contributed by atoms with Gasteiger partial charge in [0.15, 0.2) is 0 Å². The van der Waals surface area contributed by atoms with Gasteiger partial charge in [0.05, 0.1) is 5.75 Å². The Morgan fingerprint density at radius 1 is 0.971 bits per heavy atom. The molecule has 0 amide bonds. The van der Waals surface area contributed by atoms with E-state index in [2.05, 4.69) is 39.3 Å². The fourth-order valence-corrected chi connectivity index (χ4v) is 3.76. The standard InChI is InChI=1S/C21H23N3O2S.C2HF3O2/c1-17(18-7-9-19(10-8-18)20-11-13-22-14-12-20)23-15-16-27(25,26)24-21-5-3-2-4-6-21;3-2(4,5)1(6)7/h2-14,17,23-24H,15-16H2,1H3;(H,6,7). The SMILES string of the molecule is CC(NCCS(=O)(=O)Nc1ccccc1)c1ccc(-c2ccncc2)cc1.O=C(O)C(F)(F)F. The zero-order valence-corrected chi connectivity index (χ0v) is 19.0. The maximum absolute atomic E-state index is 12.2. The predicted molar refractivity (Wildman–Crippen MR) is 124 cm³/mol. The normalized spacial score (nSPS) is 12.2. The van der Waals surface area contributed by atoms with Gasteiger partial charge in [0.25, 0.3) is 0 Å². The highest BCUT2D eigenvalue weighted by molar-refractivity contribution is 7.92. The van der Waals surface area contributed by atoms with E-state index in [1.165, 1.54) is 0 Å². The number of carboxylic acids is 1. The summed E-state index contributed by atoms with van der Waals surface area (Å²) in [6, 6.07) is 21.2. The molecular weight excluding hydrogens is 471 g/mol. The van der Waals surface area contributed by atoms with Crippen LogP contribution in [0.25, 0.3) is 11.1 Å². The van der Waals surface area contributed by atoms with Gasteiger partial charge >= 0.3 is 12.1 Å². The van der Waals surface area contributed by atoms with E-state index >= 15 is 0 Å². The minimum Gasteiger partial charge on any atom is -0.475 e. The molecule has 7 nitrogen and oxygen atoms in total. The molecule has 3 N–H and O–H groups in total. The number of carbonyl (C=O) groups is 1. The highest BCUT2D eigenvalue weighted by Crippen LogP contribution is 2.21. The first-order valence-electron chi connectivity index (χ1n) is 10.1. The zero-order chi connectivity index (χ0) is 25.2. The maximum atomic E-state index is 12.2. The number of hydrogen-bond donors (Lipinski definition) is 3. The molecule has 34 heavy (non-hydrogen) atoms. The Labute approximate surface area is 195 Å². The van der Waals surface area contributed by atoms with E-state index in [1.807, 2.05) is 25.1 Å². The van der Waals surface area contributed by atoms with Gasteiger partial charge in [0.1, 0.15) is 0 Å². The Morgan fingerprint density at radius 3 is 2.03 bits per heavy atom. The van der Waals surface area contributed by atoms with E-state index in [1.54, 1.807) is 36.7 Å². The van der Waals surface area contributed by atoms with Gasteiger partial charge in [-0.25, -0.2) is 13.2 Å². The van der Waals surface area contributed by atoms with Gasteiger partial charge < -0.3 is 10.4 Å². The molecule has 0 fully saturated rings. The van der Waals surface area contributed by atoms with E-state index in [0.717, 1.165) is 16.7 Å². The average Bonchev–Trinajstić information content (AvgIpc) is 2.80. The monoisotopic (exact) mass is 495 g/mol. The fraction of sp³-hybridized carbons (Fsp3) is 0.217. The molecule has 0 radical (unpaired) electrons. The third-order valence-corrected chi connectivity index (χ3v) is 5.82. The number of para-hydroxylation sites is 1. The number of aromatic nitrogens is 1. The molecule has 0 aliphatic carbocycles. The van der Waals surface area contributed by atoms with Crippen molar-refractivity contribution in [3.8, 4) is 11.1 Å². The number of carboxylic acid groups (broad SMARTS) is 1. The van der Waals surface area contributed by atoms with Gasteiger partial charge in [0, 0.05) is 30.7 Å². The molecule has 2 aromatic carbocycles. The zero-order valence-electron chi connectivity index (χ0n) is 18.2. The van der Waals surface area contributed by atoms with Crippen LogP contribution in [0.3, 0.4) is 0 Å². The molecule has 0 aliphatic heterocycles. The van der Waals surface area contributed by atoms with Crippen LogP contribution in [0.1, 0.15) is 18.5 Å². The molecule has 1 heterocycles. The van der Waals surface area contributed by atoms with Crippen LogP contribution >= 0.6 is 0 Å². The summed E-state index contributed by atoms with van der Waals surface area (Å²) in [5, 5.41) is 10.4. The minimum absolute atomic E-state index is 0.0152. The summed E-state index contributed by atoms with van der Waals surface area (Å²) >= 11 is 0. The van der Waals surface area contributed by atoms with Crippen LogP contribution in [0.15, 0.2) is 79.1 Å². The summed E-state index contributed by atoms with van der Waals surface area (Å²) in [6.07, 6.45) is -1.53. The topological polar surface area (TPSA) is 108 Å². The van der Waals surface area contributed by atoms with Crippen LogP contribution in [-0.2, 0) is 14.8 Å². The molecule has 0 spiro atoms. The van der Waals surface area contributed by atoms with Crippen LogP contribution in [0.2, 0.25) is 0 Å². The molecule has 3 rings (SSSR count). The highest BCUT2D eigenvalue weighted by Gasteiger charge is 2.38. The van der Waals surface area contributed by atoms with Crippen LogP contribution in [-0.4, -0.2) is 43.0 Å². The second-order valence-corrected chi connectivity index (χ2v) is 8.97. The number of benzene rings is 2. The summed E-state index contributed by atoms with van der Waals surface area (Å²) < 4.78 is 58.6. The minimum atomic E-state index is -5.08.